The van der Waals surface area contributed by atoms with E-state index in [4.69, 9.17) is 5.73 Å². The van der Waals surface area contributed by atoms with Gasteiger partial charge in [0.15, 0.2) is 0 Å². The standard InChI is InChI=1S/C18H32N2/c1-15(2)9-12-20(13-10-16(3)4)14-11-17-5-7-18(19)8-6-17/h5-8,15-16H,9-14,19H2,1-4H3. The summed E-state index contributed by atoms with van der Waals surface area (Å²) in [6.45, 7) is 12.8. The summed E-state index contributed by atoms with van der Waals surface area (Å²) in [5.41, 5.74) is 7.97. The lowest BCUT2D eigenvalue weighted by molar-refractivity contribution is 0.246. The lowest BCUT2D eigenvalue weighted by Gasteiger charge is -2.24. The molecular weight excluding hydrogens is 244 g/mol. The Labute approximate surface area is 125 Å². The molecule has 0 amide bonds. The molecule has 0 saturated carbocycles. The van der Waals surface area contributed by atoms with Gasteiger partial charge in [0, 0.05) is 12.2 Å². The van der Waals surface area contributed by atoms with Gasteiger partial charge in [-0.25, -0.2) is 0 Å². The minimum Gasteiger partial charge on any atom is -0.399 e. The van der Waals surface area contributed by atoms with Crippen LogP contribution in [0, 0.1) is 11.8 Å². The molecule has 2 N–H and O–H groups in total. The predicted molar refractivity (Wildman–Crippen MR) is 89.9 cm³/mol. The van der Waals surface area contributed by atoms with Crippen molar-refractivity contribution in [1.29, 1.82) is 0 Å². The maximum absolute atomic E-state index is 5.73. The fraction of sp³-hybridized carbons (Fsp3) is 0.667. The second-order valence-corrected chi connectivity index (χ2v) is 6.70. The van der Waals surface area contributed by atoms with Crippen molar-refractivity contribution >= 4 is 5.69 Å². The van der Waals surface area contributed by atoms with Crippen molar-refractivity contribution in [2.75, 3.05) is 25.4 Å². The van der Waals surface area contributed by atoms with Gasteiger partial charge in [0.1, 0.15) is 0 Å². The minimum absolute atomic E-state index is 0.785. The van der Waals surface area contributed by atoms with Gasteiger partial charge >= 0.3 is 0 Å². The van der Waals surface area contributed by atoms with E-state index >= 15 is 0 Å². The van der Waals surface area contributed by atoms with E-state index in [0.717, 1.165) is 30.5 Å². The molecule has 114 valence electrons. The molecule has 0 unspecified atom stereocenters. The predicted octanol–water partition coefficient (Wildman–Crippen LogP) is 4.21. The molecule has 0 aliphatic heterocycles. The normalized spacial score (nSPS) is 11.8. The van der Waals surface area contributed by atoms with Gasteiger partial charge in [-0.05, 0) is 61.9 Å². The van der Waals surface area contributed by atoms with Gasteiger partial charge in [-0.1, -0.05) is 39.8 Å². The number of nitrogens with zero attached hydrogens (tertiary/aromatic N) is 1. The van der Waals surface area contributed by atoms with Gasteiger partial charge < -0.3 is 10.6 Å². The highest BCUT2D eigenvalue weighted by atomic mass is 15.1. The van der Waals surface area contributed by atoms with Crippen LogP contribution in [0.25, 0.3) is 0 Å². The van der Waals surface area contributed by atoms with Crippen LogP contribution in [0.15, 0.2) is 24.3 Å². The highest BCUT2D eigenvalue weighted by Crippen LogP contribution is 2.10. The van der Waals surface area contributed by atoms with Crippen molar-refractivity contribution in [2.45, 2.75) is 47.0 Å². The fourth-order valence-electron chi connectivity index (χ4n) is 2.19. The Hall–Kier alpha value is -1.02. The summed E-state index contributed by atoms with van der Waals surface area (Å²) in [7, 11) is 0. The van der Waals surface area contributed by atoms with Crippen molar-refractivity contribution in [3.05, 3.63) is 29.8 Å². The summed E-state index contributed by atoms with van der Waals surface area (Å²) in [6, 6.07) is 8.31. The minimum atomic E-state index is 0.785. The van der Waals surface area contributed by atoms with Crippen LogP contribution in [0.5, 0.6) is 0 Å². The van der Waals surface area contributed by atoms with Gasteiger partial charge in [-0.3, -0.25) is 0 Å². The van der Waals surface area contributed by atoms with Crippen LogP contribution in [0.4, 0.5) is 5.69 Å². The number of anilines is 1. The zero-order chi connectivity index (χ0) is 15.0. The molecule has 0 radical (unpaired) electrons. The largest absolute Gasteiger partial charge is 0.399 e. The number of nitrogens with two attached hydrogens (primary N) is 1. The second kappa shape index (κ2) is 9.02. The monoisotopic (exact) mass is 276 g/mol. The zero-order valence-corrected chi connectivity index (χ0v) is 13.7. The maximum atomic E-state index is 5.73. The average molecular weight is 276 g/mol. The molecule has 0 aliphatic carbocycles. The maximum Gasteiger partial charge on any atom is 0.0314 e. The van der Waals surface area contributed by atoms with Crippen LogP contribution in [-0.4, -0.2) is 24.5 Å². The first-order valence-corrected chi connectivity index (χ1v) is 8.04. The summed E-state index contributed by atoms with van der Waals surface area (Å²) in [4.78, 5) is 2.62. The van der Waals surface area contributed by atoms with Gasteiger partial charge in [-0.2, -0.15) is 0 Å². The molecule has 0 heterocycles. The lowest BCUT2D eigenvalue weighted by atomic mass is 10.1. The topological polar surface area (TPSA) is 29.3 Å². The van der Waals surface area contributed by atoms with E-state index in [1.165, 1.54) is 31.5 Å². The number of hydrogen-bond acceptors (Lipinski definition) is 2. The molecule has 1 aromatic carbocycles. The van der Waals surface area contributed by atoms with E-state index in [1.54, 1.807) is 0 Å². The Balaban J connectivity index is 2.43. The fourth-order valence-corrected chi connectivity index (χ4v) is 2.19. The third kappa shape index (κ3) is 7.54. The highest BCUT2D eigenvalue weighted by Gasteiger charge is 2.07. The van der Waals surface area contributed by atoms with Crippen LogP contribution in [-0.2, 0) is 6.42 Å². The molecule has 2 heteroatoms. The Kier molecular flexibility index (Phi) is 7.68. The number of benzene rings is 1. The van der Waals surface area contributed by atoms with Crippen molar-refractivity contribution in [2.24, 2.45) is 11.8 Å². The molecular formula is C18H32N2. The molecule has 0 atom stereocenters. The van der Waals surface area contributed by atoms with Crippen LogP contribution in [0.2, 0.25) is 0 Å². The van der Waals surface area contributed by atoms with Crippen LogP contribution in [0.3, 0.4) is 0 Å². The molecule has 1 aromatic rings. The summed E-state index contributed by atoms with van der Waals surface area (Å²) in [5, 5.41) is 0. The van der Waals surface area contributed by atoms with E-state index in [1.807, 2.05) is 12.1 Å². The number of rotatable bonds is 9. The smallest absolute Gasteiger partial charge is 0.0314 e. The summed E-state index contributed by atoms with van der Waals surface area (Å²) in [5.74, 6) is 1.57. The Morgan fingerprint density at radius 2 is 1.35 bits per heavy atom. The SMILES string of the molecule is CC(C)CCN(CCc1ccc(N)cc1)CCC(C)C. The first-order valence-electron chi connectivity index (χ1n) is 8.04. The third-order valence-corrected chi connectivity index (χ3v) is 3.74. The highest BCUT2D eigenvalue weighted by molar-refractivity contribution is 5.39. The molecule has 0 aliphatic rings. The summed E-state index contributed by atoms with van der Waals surface area (Å²) >= 11 is 0. The zero-order valence-electron chi connectivity index (χ0n) is 13.7. The molecule has 0 spiro atoms. The van der Waals surface area contributed by atoms with E-state index in [9.17, 15) is 0 Å². The third-order valence-electron chi connectivity index (χ3n) is 3.74. The lowest BCUT2D eigenvalue weighted by Crippen LogP contribution is -2.30. The average Bonchev–Trinajstić information content (AvgIpc) is 2.39. The molecule has 1 rings (SSSR count). The second-order valence-electron chi connectivity index (χ2n) is 6.70. The van der Waals surface area contributed by atoms with Crippen molar-refractivity contribution in [3.8, 4) is 0 Å². The van der Waals surface area contributed by atoms with E-state index in [-0.39, 0.29) is 0 Å². The van der Waals surface area contributed by atoms with Gasteiger partial charge in [0.05, 0.1) is 0 Å². The first-order chi connectivity index (χ1) is 9.47. The first kappa shape index (κ1) is 17.0. The number of hydrogen-bond donors (Lipinski definition) is 1. The van der Waals surface area contributed by atoms with E-state index in [0.29, 0.717) is 0 Å². The molecule has 2 nitrogen and oxygen atoms in total. The Morgan fingerprint density at radius 1 is 0.850 bits per heavy atom. The van der Waals surface area contributed by atoms with E-state index < -0.39 is 0 Å². The Morgan fingerprint density at radius 3 is 1.80 bits per heavy atom. The number of nitrogen functional groups attached to an aromatic ring is 1. The molecule has 0 fully saturated rings. The molecule has 20 heavy (non-hydrogen) atoms. The van der Waals surface area contributed by atoms with Gasteiger partial charge in [0.25, 0.3) is 0 Å². The quantitative estimate of drug-likeness (QED) is 0.685. The Bertz CT molecular complexity index is 342. The molecule has 0 saturated heterocycles. The van der Waals surface area contributed by atoms with Gasteiger partial charge in [-0.15, -0.1) is 0 Å². The summed E-state index contributed by atoms with van der Waals surface area (Å²) in [6.07, 6.45) is 3.70. The van der Waals surface area contributed by atoms with E-state index in [2.05, 4.69) is 44.7 Å². The van der Waals surface area contributed by atoms with Gasteiger partial charge in [0.2, 0.25) is 0 Å². The summed E-state index contributed by atoms with van der Waals surface area (Å²) < 4.78 is 0. The van der Waals surface area contributed by atoms with Crippen molar-refractivity contribution in [3.63, 3.8) is 0 Å². The van der Waals surface area contributed by atoms with Crippen molar-refractivity contribution < 1.29 is 0 Å². The van der Waals surface area contributed by atoms with Crippen LogP contribution in [0.1, 0.15) is 46.1 Å². The molecule has 0 aromatic heterocycles. The van der Waals surface area contributed by atoms with Crippen LogP contribution < -0.4 is 5.73 Å². The van der Waals surface area contributed by atoms with Crippen molar-refractivity contribution in [1.82, 2.24) is 4.90 Å². The molecule has 0 bridgehead atoms. The van der Waals surface area contributed by atoms with Crippen LogP contribution >= 0.6 is 0 Å².